The first-order valence-corrected chi connectivity index (χ1v) is 8.97. The molecule has 0 bridgehead atoms. The van der Waals surface area contributed by atoms with Crippen molar-refractivity contribution in [1.82, 2.24) is 35.2 Å². The highest BCUT2D eigenvalue weighted by Crippen LogP contribution is 2.30. The number of halogens is 1. The summed E-state index contributed by atoms with van der Waals surface area (Å²) in [7, 11) is 1.69. The van der Waals surface area contributed by atoms with Crippen LogP contribution >= 0.6 is 11.6 Å². The van der Waals surface area contributed by atoms with Gasteiger partial charge in [0, 0.05) is 23.5 Å². The average Bonchev–Trinajstić information content (AvgIpc) is 3.16. The van der Waals surface area contributed by atoms with Crippen molar-refractivity contribution in [1.29, 1.82) is 0 Å². The lowest BCUT2D eigenvalue weighted by Gasteiger charge is -2.08. The predicted octanol–water partition coefficient (Wildman–Crippen LogP) is 2.94. The number of rotatable bonds is 4. The Kier molecular flexibility index (Phi) is 4.96. The molecule has 3 aromatic heterocycles. The molecule has 1 amide bonds. The second kappa shape index (κ2) is 7.72. The Morgan fingerprint density at radius 3 is 2.69 bits per heavy atom. The zero-order valence-corrected chi connectivity index (χ0v) is 16.3. The molecule has 0 radical (unpaired) electrons. The number of aromatic nitrogens is 7. The molecule has 9 nitrogen and oxygen atoms in total. The number of aryl methyl sites for hydroxylation is 2. The summed E-state index contributed by atoms with van der Waals surface area (Å²) in [6.45, 7) is 1.84. The monoisotopic (exact) mass is 406 g/mol. The van der Waals surface area contributed by atoms with Crippen LogP contribution in [-0.2, 0) is 7.05 Å². The molecular formula is C19H15ClN8O. The quantitative estimate of drug-likeness (QED) is 0.554. The summed E-state index contributed by atoms with van der Waals surface area (Å²) >= 11 is 6.34. The van der Waals surface area contributed by atoms with E-state index >= 15 is 0 Å². The lowest BCUT2D eigenvalue weighted by Crippen LogP contribution is -2.14. The van der Waals surface area contributed by atoms with Gasteiger partial charge in [0.1, 0.15) is 0 Å². The second-order valence-electron chi connectivity index (χ2n) is 6.23. The molecule has 0 unspecified atom stereocenters. The molecule has 0 aliphatic rings. The molecule has 10 heteroatoms. The third-order valence-corrected chi connectivity index (χ3v) is 4.52. The number of tetrazole rings is 1. The lowest BCUT2D eigenvalue weighted by atomic mass is 10.1. The van der Waals surface area contributed by atoms with Crippen molar-refractivity contribution in [3.8, 4) is 22.6 Å². The normalized spacial score (nSPS) is 10.7. The first kappa shape index (κ1) is 18.6. The van der Waals surface area contributed by atoms with Gasteiger partial charge >= 0.3 is 0 Å². The minimum atomic E-state index is -0.300. The minimum Gasteiger partial charge on any atom is -0.305 e. The fourth-order valence-corrected chi connectivity index (χ4v) is 2.89. The van der Waals surface area contributed by atoms with Crippen molar-refractivity contribution in [2.75, 3.05) is 5.32 Å². The Hall–Kier alpha value is -3.72. The summed E-state index contributed by atoms with van der Waals surface area (Å²) in [6.07, 6.45) is 6.16. The number of hydrogen-bond donors (Lipinski definition) is 1. The van der Waals surface area contributed by atoms with E-state index in [0.29, 0.717) is 33.5 Å². The maximum atomic E-state index is 12.4. The van der Waals surface area contributed by atoms with Crippen LogP contribution in [0.1, 0.15) is 15.9 Å². The van der Waals surface area contributed by atoms with E-state index in [1.165, 1.54) is 17.2 Å². The van der Waals surface area contributed by atoms with Crippen molar-refractivity contribution < 1.29 is 4.79 Å². The molecule has 4 aromatic rings. The van der Waals surface area contributed by atoms with E-state index in [1.807, 2.05) is 13.0 Å². The van der Waals surface area contributed by atoms with Crippen LogP contribution in [0.3, 0.4) is 0 Å². The number of pyridine rings is 1. The van der Waals surface area contributed by atoms with Gasteiger partial charge in [0.05, 0.1) is 35.7 Å². The highest BCUT2D eigenvalue weighted by atomic mass is 35.5. The molecular weight excluding hydrogens is 392 g/mol. The van der Waals surface area contributed by atoms with Gasteiger partial charge in [0.15, 0.2) is 5.82 Å². The van der Waals surface area contributed by atoms with Crippen LogP contribution in [0, 0.1) is 6.92 Å². The van der Waals surface area contributed by atoms with Crippen LogP contribution in [0.25, 0.3) is 22.6 Å². The molecule has 4 rings (SSSR count). The molecule has 144 valence electrons. The summed E-state index contributed by atoms with van der Waals surface area (Å²) in [4.78, 5) is 26.4. The first-order valence-electron chi connectivity index (χ1n) is 8.59. The molecule has 0 atom stereocenters. The van der Waals surface area contributed by atoms with E-state index in [4.69, 9.17) is 11.6 Å². The highest BCUT2D eigenvalue weighted by molar-refractivity contribution is 6.33. The van der Waals surface area contributed by atoms with Crippen molar-refractivity contribution in [3.63, 3.8) is 0 Å². The fraction of sp³-hybridized carbons (Fsp3) is 0.105. The number of anilines is 1. The number of amides is 1. The van der Waals surface area contributed by atoms with Crippen LogP contribution in [-0.4, -0.2) is 41.1 Å². The van der Waals surface area contributed by atoms with E-state index in [2.05, 4.69) is 35.7 Å². The molecule has 1 aromatic carbocycles. The Balaban J connectivity index is 1.58. The molecule has 3 heterocycles. The summed E-state index contributed by atoms with van der Waals surface area (Å²) in [6, 6.07) is 7.14. The molecule has 0 aliphatic carbocycles. The largest absolute Gasteiger partial charge is 0.305 e. The number of carbonyl (C=O) groups is 1. The number of hydrogen-bond acceptors (Lipinski definition) is 7. The van der Waals surface area contributed by atoms with Crippen LogP contribution < -0.4 is 5.32 Å². The summed E-state index contributed by atoms with van der Waals surface area (Å²) in [5, 5.41) is 15.3. The maximum Gasteiger partial charge on any atom is 0.258 e. The van der Waals surface area contributed by atoms with Crippen LogP contribution in [0.2, 0.25) is 5.02 Å². The fourth-order valence-electron chi connectivity index (χ4n) is 2.68. The Labute approximate surface area is 170 Å². The number of nitrogens with zero attached hydrogens (tertiary/aromatic N) is 7. The third-order valence-electron chi connectivity index (χ3n) is 4.19. The van der Waals surface area contributed by atoms with E-state index in [-0.39, 0.29) is 5.91 Å². The summed E-state index contributed by atoms with van der Waals surface area (Å²) in [5.74, 6) is 0.505. The highest BCUT2D eigenvalue weighted by Gasteiger charge is 2.13. The van der Waals surface area contributed by atoms with E-state index in [0.717, 1.165) is 11.1 Å². The average molecular weight is 407 g/mol. The number of nitrogens with one attached hydrogen (secondary N) is 1. The Morgan fingerprint density at radius 2 is 2.00 bits per heavy atom. The second-order valence-corrected chi connectivity index (χ2v) is 6.64. The van der Waals surface area contributed by atoms with Crippen molar-refractivity contribution >= 4 is 23.3 Å². The third kappa shape index (κ3) is 3.94. The lowest BCUT2D eigenvalue weighted by molar-refractivity contribution is 0.102. The van der Waals surface area contributed by atoms with E-state index in [1.54, 1.807) is 37.6 Å². The molecule has 1 N–H and O–H groups in total. The molecule has 29 heavy (non-hydrogen) atoms. The van der Waals surface area contributed by atoms with E-state index < -0.39 is 0 Å². The van der Waals surface area contributed by atoms with Gasteiger partial charge in [0.2, 0.25) is 5.82 Å². The van der Waals surface area contributed by atoms with Gasteiger partial charge in [-0.2, -0.15) is 4.80 Å². The standard InChI is InChI=1S/C19H15ClN8O/c1-11-5-6-21-8-14(11)19(29)24-17-10-22-16(9-23-17)13-7-12(3-4-15(13)20)18-25-27-28(2)26-18/h3-10H,1-2H3,(H,23,24,29). The van der Waals surface area contributed by atoms with Gasteiger partial charge in [-0.05, 0) is 42.0 Å². The summed E-state index contributed by atoms with van der Waals surface area (Å²) < 4.78 is 0. The van der Waals surface area contributed by atoms with Crippen LogP contribution in [0.15, 0.2) is 49.1 Å². The molecule has 0 fully saturated rings. The van der Waals surface area contributed by atoms with Gasteiger partial charge in [-0.15, -0.1) is 10.2 Å². The Bertz CT molecular complexity index is 1190. The van der Waals surface area contributed by atoms with Crippen molar-refractivity contribution in [3.05, 3.63) is 65.2 Å². The van der Waals surface area contributed by atoms with Gasteiger partial charge < -0.3 is 5.32 Å². The SMILES string of the molecule is Cc1ccncc1C(=O)Nc1cnc(-c2cc(-c3nnn(C)n3)ccc2Cl)cn1. The predicted molar refractivity (Wildman–Crippen MR) is 107 cm³/mol. The van der Waals surface area contributed by atoms with Gasteiger partial charge in [-0.3, -0.25) is 14.8 Å². The van der Waals surface area contributed by atoms with Gasteiger partial charge in [0.25, 0.3) is 5.91 Å². The van der Waals surface area contributed by atoms with Crippen LogP contribution in [0.4, 0.5) is 5.82 Å². The van der Waals surface area contributed by atoms with Crippen LogP contribution in [0.5, 0.6) is 0 Å². The molecule has 0 spiro atoms. The van der Waals surface area contributed by atoms with E-state index in [9.17, 15) is 4.79 Å². The smallest absolute Gasteiger partial charge is 0.258 e. The zero-order valence-electron chi connectivity index (χ0n) is 15.5. The maximum absolute atomic E-state index is 12.4. The molecule has 0 saturated carbocycles. The number of carbonyl (C=O) groups excluding carboxylic acids is 1. The van der Waals surface area contributed by atoms with Gasteiger partial charge in [-0.1, -0.05) is 11.6 Å². The van der Waals surface area contributed by atoms with Gasteiger partial charge in [-0.25, -0.2) is 4.98 Å². The Morgan fingerprint density at radius 1 is 1.14 bits per heavy atom. The van der Waals surface area contributed by atoms with Crippen molar-refractivity contribution in [2.24, 2.45) is 7.05 Å². The zero-order chi connectivity index (χ0) is 20.4. The topological polar surface area (TPSA) is 111 Å². The molecule has 0 aliphatic heterocycles. The van der Waals surface area contributed by atoms with Crippen molar-refractivity contribution in [2.45, 2.75) is 6.92 Å². The molecule has 0 saturated heterocycles. The summed E-state index contributed by atoms with van der Waals surface area (Å²) in [5.41, 5.74) is 3.28. The minimum absolute atomic E-state index is 0.300. The number of benzene rings is 1. The first-order chi connectivity index (χ1) is 14.0.